The number of aryl methyl sites for hydroxylation is 1. The molecule has 0 aliphatic carbocycles. The van der Waals surface area contributed by atoms with Crippen molar-refractivity contribution < 1.29 is 4.74 Å². The standard InChI is InChI=1S/C21H22N6O/c1-26-11-16(10-25-26)14-3-4-15-9-22-21(18(15)7-14)19-8-20(24-13-23-19)27-6-5-17(12-27)28-2/h3-4,7-8,10-11,13,17H,5-6,9,12H2,1-2H3/t17-/m0/s1. The van der Waals surface area contributed by atoms with Crippen molar-refractivity contribution in [1.82, 2.24) is 19.7 Å². The maximum absolute atomic E-state index is 5.48. The van der Waals surface area contributed by atoms with Gasteiger partial charge in [0.2, 0.25) is 0 Å². The summed E-state index contributed by atoms with van der Waals surface area (Å²) in [5.41, 5.74) is 6.41. The summed E-state index contributed by atoms with van der Waals surface area (Å²) in [4.78, 5) is 16.0. The van der Waals surface area contributed by atoms with Gasteiger partial charge < -0.3 is 9.64 Å². The maximum atomic E-state index is 5.48. The molecule has 1 aromatic carbocycles. The van der Waals surface area contributed by atoms with E-state index in [9.17, 15) is 0 Å². The van der Waals surface area contributed by atoms with Gasteiger partial charge in [-0.25, -0.2) is 9.97 Å². The number of nitrogens with zero attached hydrogens (tertiary/aromatic N) is 6. The Labute approximate surface area is 163 Å². The van der Waals surface area contributed by atoms with Gasteiger partial charge in [-0.15, -0.1) is 0 Å². The third-order valence-electron chi connectivity index (χ3n) is 5.51. The zero-order valence-corrected chi connectivity index (χ0v) is 16.0. The molecule has 142 valence electrons. The van der Waals surface area contributed by atoms with Crippen molar-refractivity contribution in [1.29, 1.82) is 0 Å². The van der Waals surface area contributed by atoms with E-state index in [2.05, 4.69) is 38.2 Å². The van der Waals surface area contributed by atoms with E-state index in [4.69, 9.17) is 9.73 Å². The van der Waals surface area contributed by atoms with E-state index >= 15 is 0 Å². The molecule has 1 fully saturated rings. The van der Waals surface area contributed by atoms with E-state index in [0.717, 1.165) is 53.4 Å². The van der Waals surface area contributed by atoms with Gasteiger partial charge in [-0.05, 0) is 23.6 Å². The number of rotatable bonds is 4. The Bertz CT molecular complexity index is 1060. The Kier molecular flexibility index (Phi) is 4.16. The molecule has 2 aliphatic rings. The summed E-state index contributed by atoms with van der Waals surface area (Å²) in [6, 6.07) is 8.52. The first-order valence-electron chi connectivity index (χ1n) is 9.48. The summed E-state index contributed by atoms with van der Waals surface area (Å²) in [5.74, 6) is 0.934. The predicted octanol–water partition coefficient (Wildman–Crippen LogP) is 2.45. The summed E-state index contributed by atoms with van der Waals surface area (Å²) in [6.45, 7) is 2.50. The number of aliphatic imine (C=N–C) groups is 1. The largest absolute Gasteiger partial charge is 0.380 e. The molecule has 7 heteroatoms. The second-order valence-electron chi connectivity index (χ2n) is 7.29. The smallest absolute Gasteiger partial charge is 0.132 e. The Morgan fingerprint density at radius 1 is 1.14 bits per heavy atom. The molecule has 2 aliphatic heterocycles. The van der Waals surface area contributed by atoms with Crippen molar-refractivity contribution in [2.45, 2.75) is 19.1 Å². The molecule has 0 amide bonds. The lowest BCUT2D eigenvalue weighted by Gasteiger charge is -2.17. The molecule has 1 atom stereocenters. The van der Waals surface area contributed by atoms with Gasteiger partial charge in [0.1, 0.15) is 12.1 Å². The van der Waals surface area contributed by atoms with Crippen LogP contribution in [0.4, 0.5) is 5.82 Å². The van der Waals surface area contributed by atoms with E-state index < -0.39 is 0 Å². The average Bonchev–Trinajstić information content (AvgIpc) is 3.46. The highest BCUT2D eigenvalue weighted by Gasteiger charge is 2.25. The summed E-state index contributed by atoms with van der Waals surface area (Å²) < 4.78 is 7.30. The number of hydrogen-bond acceptors (Lipinski definition) is 6. The van der Waals surface area contributed by atoms with Crippen molar-refractivity contribution >= 4 is 11.5 Å². The van der Waals surface area contributed by atoms with Crippen LogP contribution in [0.5, 0.6) is 0 Å². The number of aromatic nitrogens is 4. The molecule has 0 unspecified atom stereocenters. The van der Waals surface area contributed by atoms with Gasteiger partial charge in [0, 0.05) is 50.6 Å². The fourth-order valence-corrected chi connectivity index (χ4v) is 3.93. The van der Waals surface area contributed by atoms with Crippen molar-refractivity contribution in [2.75, 3.05) is 25.1 Å². The van der Waals surface area contributed by atoms with Crippen molar-refractivity contribution in [2.24, 2.45) is 12.0 Å². The zero-order chi connectivity index (χ0) is 19.1. The summed E-state index contributed by atoms with van der Waals surface area (Å²) in [7, 11) is 3.70. The zero-order valence-electron chi connectivity index (χ0n) is 16.0. The quantitative estimate of drug-likeness (QED) is 0.702. The highest BCUT2D eigenvalue weighted by atomic mass is 16.5. The number of anilines is 1. The lowest BCUT2D eigenvalue weighted by molar-refractivity contribution is 0.121. The van der Waals surface area contributed by atoms with Crippen LogP contribution in [0.1, 0.15) is 23.2 Å². The van der Waals surface area contributed by atoms with Crippen LogP contribution in [-0.2, 0) is 18.3 Å². The topological polar surface area (TPSA) is 68.4 Å². The third kappa shape index (κ3) is 2.97. The highest BCUT2D eigenvalue weighted by molar-refractivity contribution is 6.14. The Balaban J connectivity index is 1.47. The van der Waals surface area contributed by atoms with Crippen molar-refractivity contribution in [3.63, 3.8) is 0 Å². The SMILES string of the molecule is CO[C@H]1CCN(c2cc(C3=NCc4ccc(-c5cnn(C)c5)cc43)ncn2)C1. The summed E-state index contributed by atoms with van der Waals surface area (Å²) in [5, 5.41) is 4.28. The number of ether oxygens (including phenoxy) is 1. The molecule has 0 saturated carbocycles. The van der Waals surface area contributed by atoms with E-state index in [0.29, 0.717) is 6.54 Å². The minimum Gasteiger partial charge on any atom is -0.380 e. The fourth-order valence-electron chi connectivity index (χ4n) is 3.93. The first-order chi connectivity index (χ1) is 13.7. The molecular formula is C21H22N6O. The van der Waals surface area contributed by atoms with Crippen LogP contribution in [0.2, 0.25) is 0 Å². The van der Waals surface area contributed by atoms with Crippen molar-refractivity contribution in [3.05, 3.63) is 59.8 Å². The summed E-state index contributed by atoms with van der Waals surface area (Å²) in [6.07, 6.45) is 6.83. The number of methoxy groups -OCH3 is 1. The Morgan fingerprint density at radius 3 is 2.86 bits per heavy atom. The van der Waals surface area contributed by atoms with Crippen molar-refractivity contribution in [3.8, 4) is 11.1 Å². The normalized spacial score (nSPS) is 18.4. The van der Waals surface area contributed by atoms with Crippen LogP contribution in [0.25, 0.3) is 11.1 Å². The lowest BCUT2D eigenvalue weighted by Crippen LogP contribution is -2.23. The molecule has 2 aromatic heterocycles. The van der Waals surface area contributed by atoms with Crippen LogP contribution < -0.4 is 4.90 Å². The van der Waals surface area contributed by atoms with Gasteiger partial charge in [-0.2, -0.15) is 5.10 Å². The molecular weight excluding hydrogens is 352 g/mol. The van der Waals surface area contributed by atoms with E-state index in [1.807, 2.05) is 30.2 Å². The minimum absolute atomic E-state index is 0.269. The van der Waals surface area contributed by atoms with Crippen LogP contribution in [0, 0.1) is 0 Å². The van der Waals surface area contributed by atoms with E-state index in [1.54, 1.807) is 13.4 Å². The second-order valence-corrected chi connectivity index (χ2v) is 7.29. The Hall–Kier alpha value is -3.06. The summed E-state index contributed by atoms with van der Waals surface area (Å²) >= 11 is 0. The number of hydrogen-bond donors (Lipinski definition) is 0. The Morgan fingerprint density at radius 2 is 2.07 bits per heavy atom. The molecule has 0 radical (unpaired) electrons. The molecule has 5 rings (SSSR count). The van der Waals surface area contributed by atoms with Crippen LogP contribution >= 0.6 is 0 Å². The molecule has 1 saturated heterocycles. The number of fused-ring (bicyclic) bond motifs is 1. The molecule has 7 nitrogen and oxygen atoms in total. The van der Waals surface area contributed by atoms with Crippen LogP contribution in [0.3, 0.4) is 0 Å². The van der Waals surface area contributed by atoms with Gasteiger partial charge in [0.25, 0.3) is 0 Å². The van der Waals surface area contributed by atoms with Crippen LogP contribution in [-0.4, -0.2) is 51.8 Å². The van der Waals surface area contributed by atoms with E-state index in [1.165, 1.54) is 5.56 Å². The van der Waals surface area contributed by atoms with Gasteiger partial charge >= 0.3 is 0 Å². The molecule has 0 spiro atoms. The highest BCUT2D eigenvalue weighted by Crippen LogP contribution is 2.29. The molecule has 4 heterocycles. The second kappa shape index (κ2) is 6.83. The average molecular weight is 374 g/mol. The van der Waals surface area contributed by atoms with Gasteiger partial charge in [-0.1, -0.05) is 12.1 Å². The number of benzene rings is 1. The first-order valence-corrected chi connectivity index (χ1v) is 9.48. The maximum Gasteiger partial charge on any atom is 0.132 e. The predicted molar refractivity (Wildman–Crippen MR) is 108 cm³/mol. The minimum atomic E-state index is 0.269. The molecule has 28 heavy (non-hydrogen) atoms. The first kappa shape index (κ1) is 17.1. The van der Waals surface area contributed by atoms with Gasteiger partial charge in [-0.3, -0.25) is 9.67 Å². The van der Waals surface area contributed by atoms with Crippen LogP contribution in [0.15, 0.2) is 48.0 Å². The molecule has 3 aromatic rings. The van der Waals surface area contributed by atoms with Gasteiger partial charge in [0.15, 0.2) is 0 Å². The fraction of sp³-hybridized carbons (Fsp3) is 0.333. The molecule has 0 bridgehead atoms. The monoisotopic (exact) mass is 374 g/mol. The van der Waals surface area contributed by atoms with Gasteiger partial charge in [0.05, 0.1) is 30.3 Å². The molecule has 0 N–H and O–H groups in total. The third-order valence-corrected chi connectivity index (χ3v) is 5.51. The lowest BCUT2D eigenvalue weighted by atomic mass is 9.98. The van der Waals surface area contributed by atoms with E-state index in [-0.39, 0.29) is 6.10 Å².